The summed E-state index contributed by atoms with van der Waals surface area (Å²) in [7, 11) is 0. The maximum atomic E-state index is 5.46. The van der Waals surface area contributed by atoms with Crippen LogP contribution in [0.15, 0.2) is 30.3 Å². The Morgan fingerprint density at radius 3 is 2.69 bits per heavy atom. The van der Waals surface area contributed by atoms with Crippen LogP contribution in [0.5, 0.6) is 5.88 Å². The van der Waals surface area contributed by atoms with Crippen molar-refractivity contribution in [3.05, 3.63) is 30.3 Å². The minimum absolute atomic E-state index is 0.393. The molecule has 0 unspecified atom stereocenters. The highest BCUT2D eigenvalue weighted by Crippen LogP contribution is 2.17. The molecule has 0 fully saturated rings. The molecule has 2 aromatic heterocycles. The van der Waals surface area contributed by atoms with Crippen LogP contribution < -0.4 is 10.5 Å². The highest BCUT2D eigenvalue weighted by atomic mass is 16.5. The molecule has 0 saturated heterocycles. The van der Waals surface area contributed by atoms with Crippen molar-refractivity contribution in [1.29, 1.82) is 0 Å². The van der Waals surface area contributed by atoms with Gasteiger partial charge in [-0.2, -0.15) is 0 Å². The zero-order valence-electron chi connectivity index (χ0n) is 8.92. The van der Waals surface area contributed by atoms with E-state index in [-0.39, 0.29) is 0 Å². The van der Waals surface area contributed by atoms with Crippen LogP contribution in [0.1, 0.15) is 6.92 Å². The predicted molar refractivity (Wildman–Crippen MR) is 60.8 cm³/mol. The highest BCUT2D eigenvalue weighted by molar-refractivity contribution is 5.54. The third-order valence-electron chi connectivity index (χ3n) is 1.96. The van der Waals surface area contributed by atoms with Gasteiger partial charge in [0.15, 0.2) is 0 Å². The molecule has 2 rings (SSSR count). The normalized spacial score (nSPS) is 10.1. The second kappa shape index (κ2) is 4.57. The lowest BCUT2D eigenvalue weighted by Crippen LogP contribution is -1.97. The summed E-state index contributed by atoms with van der Waals surface area (Å²) in [5.74, 6) is 0.975. The summed E-state index contributed by atoms with van der Waals surface area (Å²) >= 11 is 0. The van der Waals surface area contributed by atoms with Gasteiger partial charge in [0.1, 0.15) is 11.5 Å². The van der Waals surface area contributed by atoms with Crippen molar-refractivity contribution in [2.45, 2.75) is 6.92 Å². The molecule has 0 spiro atoms. The summed E-state index contributed by atoms with van der Waals surface area (Å²) < 4.78 is 5.31. The van der Waals surface area contributed by atoms with Gasteiger partial charge in [0, 0.05) is 6.07 Å². The quantitative estimate of drug-likeness (QED) is 0.841. The van der Waals surface area contributed by atoms with Crippen molar-refractivity contribution in [1.82, 2.24) is 15.2 Å². The Morgan fingerprint density at radius 1 is 1.12 bits per heavy atom. The second-order valence-electron chi connectivity index (χ2n) is 3.14. The largest absolute Gasteiger partial charge is 0.478 e. The van der Waals surface area contributed by atoms with Crippen LogP contribution in [-0.2, 0) is 0 Å². The van der Waals surface area contributed by atoms with Crippen LogP contribution in [0.3, 0.4) is 0 Å². The van der Waals surface area contributed by atoms with Crippen LogP contribution in [0.2, 0.25) is 0 Å². The van der Waals surface area contributed by atoms with E-state index in [1.807, 2.05) is 19.1 Å². The fourth-order valence-electron chi connectivity index (χ4n) is 1.26. The minimum Gasteiger partial charge on any atom is -0.478 e. The molecule has 0 amide bonds. The Kier molecular flexibility index (Phi) is 2.95. The summed E-state index contributed by atoms with van der Waals surface area (Å²) in [5, 5.41) is 7.73. The molecule has 2 aromatic rings. The number of hydrogen-bond donors (Lipinski definition) is 1. The SMILES string of the molecule is CCOc1cccc(-c2ccc(N)nn2)n1. The van der Waals surface area contributed by atoms with E-state index in [2.05, 4.69) is 15.2 Å². The molecule has 0 bridgehead atoms. The van der Waals surface area contributed by atoms with Crippen molar-refractivity contribution in [2.75, 3.05) is 12.3 Å². The Morgan fingerprint density at radius 2 is 2.00 bits per heavy atom. The molecule has 2 heterocycles. The zero-order valence-corrected chi connectivity index (χ0v) is 8.92. The lowest BCUT2D eigenvalue weighted by Gasteiger charge is -2.03. The lowest BCUT2D eigenvalue weighted by atomic mass is 10.2. The first-order valence-electron chi connectivity index (χ1n) is 4.99. The number of nitrogens with zero attached hydrogens (tertiary/aromatic N) is 3. The first kappa shape index (κ1) is 10.4. The molecule has 82 valence electrons. The van der Waals surface area contributed by atoms with Gasteiger partial charge in [-0.1, -0.05) is 6.07 Å². The standard InChI is InChI=1S/C11H12N4O/c1-2-16-11-5-3-4-8(13-11)9-6-7-10(12)15-14-9/h3-7H,2H2,1H3,(H2,12,15). The monoisotopic (exact) mass is 216 g/mol. The number of ether oxygens (including phenoxy) is 1. The minimum atomic E-state index is 0.393. The van der Waals surface area contributed by atoms with Crippen LogP contribution >= 0.6 is 0 Å². The summed E-state index contributed by atoms with van der Waals surface area (Å²) in [5.41, 5.74) is 6.86. The van der Waals surface area contributed by atoms with Crippen molar-refractivity contribution in [2.24, 2.45) is 0 Å². The Labute approximate surface area is 93.3 Å². The molecule has 0 radical (unpaired) electrons. The molecule has 16 heavy (non-hydrogen) atoms. The number of aromatic nitrogens is 3. The second-order valence-corrected chi connectivity index (χ2v) is 3.14. The van der Waals surface area contributed by atoms with E-state index in [1.54, 1.807) is 18.2 Å². The van der Waals surface area contributed by atoms with Gasteiger partial charge in [-0.05, 0) is 25.1 Å². The summed E-state index contributed by atoms with van der Waals surface area (Å²) in [6.07, 6.45) is 0. The molecule has 0 saturated carbocycles. The van der Waals surface area contributed by atoms with E-state index in [4.69, 9.17) is 10.5 Å². The van der Waals surface area contributed by atoms with Crippen molar-refractivity contribution < 1.29 is 4.74 Å². The summed E-state index contributed by atoms with van der Waals surface area (Å²) in [6, 6.07) is 8.99. The van der Waals surface area contributed by atoms with E-state index in [0.29, 0.717) is 24.0 Å². The Balaban J connectivity index is 2.32. The summed E-state index contributed by atoms with van der Waals surface area (Å²) in [4.78, 5) is 4.30. The van der Waals surface area contributed by atoms with Crippen molar-refractivity contribution in [3.63, 3.8) is 0 Å². The molecule has 5 heteroatoms. The van der Waals surface area contributed by atoms with E-state index in [1.165, 1.54) is 0 Å². The number of nitrogen functional groups attached to an aromatic ring is 1. The third kappa shape index (κ3) is 2.25. The van der Waals surface area contributed by atoms with Crippen LogP contribution in [0.4, 0.5) is 5.82 Å². The van der Waals surface area contributed by atoms with E-state index >= 15 is 0 Å². The highest BCUT2D eigenvalue weighted by Gasteiger charge is 2.03. The first-order valence-corrected chi connectivity index (χ1v) is 4.99. The predicted octanol–water partition coefficient (Wildman–Crippen LogP) is 1.52. The Bertz CT molecular complexity index is 470. The van der Waals surface area contributed by atoms with Gasteiger partial charge in [0.05, 0.1) is 12.3 Å². The molecule has 0 aliphatic rings. The topological polar surface area (TPSA) is 73.9 Å². The van der Waals surface area contributed by atoms with Gasteiger partial charge >= 0.3 is 0 Å². The van der Waals surface area contributed by atoms with Gasteiger partial charge in [0.2, 0.25) is 5.88 Å². The smallest absolute Gasteiger partial charge is 0.213 e. The van der Waals surface area contributed by atoms with Gasteiger partial charge in [-0.3, -0.25) is 0 Å². The molecule has 0 aromatic carbocycles. The number of hydrogen-bond acceptors (Lipinski definition) is 5. The van der Waals surface area contributed by atoms with E-state index in [9.17, 15) is 0 Å². The number of nitrogens with two attached hydrogens (primary N) is 1. The fourth-order valence-corrected chi connectivity index (χ4v) is 1.26. The van der Waals surface area contributed by atoms with Crippen molar-refractivity contribution >= 4 is 5.82 Å². The molecule has 2 N–H and O–H groups in total. The van der Waals surface area contributed by atoms with Crippen LogP contribution in [0.25, 0.3) is 11.4 Å². The molecule has 0 aliphatic carbocycles. The molecular weight excluding hydrogens is 204 g/mol. The number of pyridine rings is 1. The van der Waals surface area contributed by atoms with Crippen LogP contribution in [-0.4, -0.2) is 21.8 Å². The summed E-state index contributed by atoms with van der Waals surface area (Å²) in [6.45, 7) is 2.50. The molecule has 5 nitrogen and oxygen atoms in total. The number of rotatable bonds is 3. The zero-order chi connectivity index (χ0) is 11.4. The van der Waals surface area contributed by atoms with Gasteiger partial charge in [0.25, 0.3) is 0 Å². The number of anilines is 1. The first-order chi connectivity index (χ1) is 7.79. The maximum absolute atomic E-state index is 5.46. The van der Waals surface area contributed by atoms with Gasteiger partial charge in [-0.25, -0.2) is 4.98 Å². The van der Waals surface area contributed by atoms with Crippen LogP contribution in [0, 0.1) is 0 Å². The van der Waals surface area contributed by atoms with E-state index < -0.39 is 0 Å². The fraction of sp³-hybridized carbons (Fsp3) is 0.182. The third-order valence-corrected chi connectivity index (χ3v) is 1.96. The van der Waals surface area contributed by atoms with Gasteiger partial charge in [-0.15, -0.1) is 10.2 Å². The average molecular weight is 216 g/mol. The van der Waals surface area contributed by atoms with Crippen molar-refractivity contribution in [3.8, 4) is 17.3 Å². The lowest BCUT2D eigenvalue weighted by molar-refractivity contribution is 0.327. The van der Waals surface area contributed by atoms with Gasteiger partial charge < -0.3 is 10.5 Å². The molecule has 0 atom stereocenters. The average Bonchev–Trinajstić information content (AvgIpc) is 2.31. The van der Waals surface area contributed by atoms with E-state index in [0.717, 1.165) is 5.69 Å². The molecule has 0 aliphatic heterocycles. The molecular formula is C11H12N4O. The Hall–Kier alpha value is -2.17. The maximum Gasteiger partial charge on any atom is 0.213 e.